The summed E-state index contributed by atoms with van der Waals surface area (Å²) in [7, 11) is 0. The normalized spacial score (nSPS) is 13.2. The summed E-state index contributed by atoms with van der Waals surface area (Å²) >= 11 is 2.92. The van der Waals surface area contributed by atoms with Gasteiger partial charge in [-0.3, -0.25) is 4.90 Å². The Hall–Kier alpha value is -2.38. The zero-order valence-electron chi connectivity index (χ0n) is 18.1. The molecule has 3 rings (SSSR count). The molecule has 0 aliphatic heterocycles. The van der Waals surface area contributed by atoms with Crippen LogP contribution in [-0.4, -0.2) is 33.3 Å². The topological polar surface area (TPSA) is 91.8 Å². The van der Waals surface area contributed by atoms with Gasteiger partial charge in [0.15, 0.2) is 0 Å². The number of amides is 2. The van der Waals surface area contributed by atoms with E-state index >= 15 is 0 Å². The molecule has 3 heterocycles. The zero-order chi connectivity index (χ0) is 24.6. The summed E-state index contributed by atoms with van der Waals surface area (Å²) in [5.74, 6) is 0. The van der Waals surface area contributed by atoms with E-state index in [2.05, 4.69) is 9.69 Å². The van der Waals surface area contributed by atoms with Crippen LogP contribution >= 0.6 is 34.2 Å². The number of fused-ring (bicyclic) bond motifs is 1. The van der Waals surface area contributed by atoms with Crippen molar-refractivity contribution in [3.05, 3.63) is 32.8 Å². The fourth-order valence-corrected chi connectivity index (χ4v) is 6.17. The smallest absolute Gasteiger partial charge is 0.419 e. The van der Waals surface area contributed by atoms with Crippen LogP contribution in [0, 0.1) is 0 Å². The molecule has 3 aromatic heterocycles. The van der Waals surface area contributed by atoms with Gasteiger partial charge in [-0.1, -0.05) is 6.07 Å². The maximum atomic E-state index is 14.0. The number of nitrogens with one attached hydrogen (secondary N) is 1. The molecule has 2 amide bonds. The van der Waals surface area contributed by atoms with Crippen LogP contribution in [0.25, 0.3) is 10.2 Å². The van der Waals surface area contributed by atoms with Crippen LogP contribution in [-0.2, 0) is 23.9 Å². The van der Waals surface area contributed by atoms with Crippen molar-refractivity contribution < 1.29 is 32.6 Å². The summed E-state index contributed by atoms with van der Waals surface area (Å²) in [5.41, 5.74) is -1.91. The molecular weight excluding hydrogens is 499 g/mol. The van der Waals surface area contributed by atoms with Crippen LogP contribution in [0.2, 0.25) is 0 Å². The van der Waals surface area contributed by atoms with Gasteiger partial charge in [0.1, 0.15) is 16.1 Å². The molecule has 13 heteroatoms. The van der Waals surface area contributed by atoms with Crippen molar-refractivity contribution in [1.82, 2.24) is 9.69 Å². The molecule has 180 valence electrons. The Morgan fingerprint density at radius 3 is 2.55 bits per heavy atom. The highest BCUT2D eigenvalue weighted by Crippen LogP contribution is 2.47. The number of alkyl carbamates (subject to hydrolysis) is 1. The Morgan fingerprint density at radius 2 is 2.00 bits per heavy atom. The van der Waals surface area contributed by atoms with Crippen molar-refractivity contribution in [3.8, 4) is 0 Å². The molecule has 1 atom stereocenters. The van der Waals surface area contributed by atoms with Gasteiger partial charge in [0.05, 0.1) is 16.8 Å². The molecule has 0 aliphatic carbocycles. The van der Waals surface area contributed by atoms with E-state index in [1.54, 1.807) is 45.2 Å². The molecule has 0 radical (unpaired) electrons. The number of anilines is 1. The second kappa shape index (κ2) is 9.47. The molecule has 0 aromatic carbocycles. The predicted molar refractivity (Wildman–Crippen MR) is 124 cm³/mol. The van der Waals surface area contributed by atoms with Gasteiger partial charge in [0.25, 0.3) is 0 Å². The fraction of sp³-hybridized carbons (Fsp3) is 0.450. The first kappa shape index (κ1) is 25.2. The number of carbonyl (C=O) groups is 2. The Bertz CT molecular complexity index is 1130. The first-order chi connectivity index (χ1) is 15.3. The molecule has 3 aromatic rings. The number of aromatic nitrogens is 1. The number of hydrogen-bond acceptors (Lipinski definition) is 7. The summed E-state index contributed by atoms with van der Waals surface area (Å²) in [6, 6.07) is 2.87. The van der Waals surface area contributed by atoms with Crippen molar-refractivity contribution in [2.75, 3.05) is 4.90 Å². The molecule has 0 fully saturated rings. The van der Waals surface area contributed by atoms with Crippen LogP contribution in [0.3, 0.4) is 0 Å². The van der Waals surface area contributed by atoms with Gasteiger partial charge in [0.2, 0.25) is 0 Å². The minimum absolute atomic E-state index is 0.00940. The number of rotatable bonds is 6. The summed E-state index contributed by atoms with van der Waals surface area (Å²) in [6.45, 7) is 6.64. The zero-order valence-corrected chi connectivity index (χ0v) is 20.6. The van der Waals surface area contributed by atoms with Gasteiger partial charge >= 0.3 is 18.4 Å². The molecule has 2 N–H and O–H groups in total. The van der Waals surface area contributed by atoms with E-state index in [4.69, 9.17) is 4.74 Å². The van der Waals surface area contributed by atoms with Gasteiger partial charge < -0.3 is 15.2 Å². The SMILES string of the molecule is CC(Cc1sc2c(N(Cc3cccs3)C(=O)O)snc2c1C(F)(F)F)NC(=O)OC(C)(C)C. The van der Waals surface area contributed by atoms with Crippen molar-refractivity contribution in [3.63, 3.8) is 0 Å². The molecule has 0 saturated carbocycles. The third-order valence-corrected chi connectivity index (χ3v) is 7.35. The predicted octanol–water partition coefficient (Wildman–Crippen LogP) is 6.58. The van der Waals surface area contributed by atoms with Gasteiger partial charge in [-0.25, -0.2) is 9.59 Å². The average Bonchev–Trinajstić information content (AvgIpc) is 3.33. The van der Waals surface area contributed by atoms with E-state index in [1.807, 2.05) is 0 Å². The lowest BCUT2D eigenvalue weighted by Gasteiger charge is -2.22. The third-order valence-electron chi connectivity index (χ3n) is 4.28. The second-order valence-electron chi connectivity index (χ2n) is 8.26. The highest BCUT2D eigenvalue weighted by atomic mass is 32.1. The standard InChI is InChI=1S/C20H22F3N3O4S3/c1-10(24-17(27)30-19(2,3)4)8-12-13(20(21,22)23)14-15(32-12)16(33-25-14)26(18(28)29)9-11-6-5-7-31-11/h5-7,10H,8-9H2,1-4H3,(H,24,27)(H,28,29). The third kappa shape index (κ3) is 6.15. The van der Waals surface area contributed by atoms with Gasteiger partial charge in [0, 0.05) is 22.2 Å². The van der Waals surface area contributed by atoms with E-state index in [0.717, 1.165) is 32.6 Å². The van der Waals surface area contributed by atoms with Crippen molar-refractivity contribution in [1.29, 1.82) is 0 Å². The lowest BCUT2D eigenvalue weighted by molar-refractivity contribution is -0.136. The molecule has 0 aliphatic rings. The lowest BCUT2D eigenvalue weighted by atomic mass is 10.1. The summed E-state index contributed by atoms with van der Waals surface area (Å²) < 4.78 is 51.2. The van der Waals surface area contributed by atoms with E-state index in [9.17, 15) is 27.9 Å². The van der Waals surface area contributed by atoms with E-state index in [0.29, 0.717) is 0 Å². The Balaban J connectivity index is 1.94. The minimum atomic E-state index is -4.69. The minimum Gasteiger partial charge on any atom is -0.465 e. The number of ether oxygens (including phenoxy) is 1. The van der Waals surface area contributed by atoms with Crippen LogP contribution in [0.4, 0.5) is 27.8 Å². The number of nitrogens with zero attached hydrogens (tertiary/aromatic N) is 2. The largest absolute Gasteiger partial charge is 0.465 e. The van der Waals surface area contributed by atoms with E-state index < -0.39 is 35.6 Å². The Morgan fingerprint density at radius 1 is 1.30 bits per heavy atom. The van der Waals surface area contributed by atoms with Gasteiger partial charge in [-0.2, -0.15) is 17.5 Å². The molecule has 0 spiro atoms. The molecule has 0 bridgehead atoms. The van der Waals surface area contributed by atoms with Crippen LogP contribution in [0.5, 0.6) is 0 Å². The molecule has 33 heavy (non-hydrogen) atoms. The lowest BCUT2D eigenvalue weighted by Crippen LogP contribution is -2.38. The molecule has 0 saturated heterocycles. The maximum Gasteiger partial charge on any atom is 0.419 e. The number of carboxylic acid groups (broad SMARTS) is 1. The molecule has 7 nitrogen and oxygen atoms in total. The first-order valence-corrected chi connectivity index (χ1v) is 12.2. The highest BCUT2D eigenvalue weighted by molar-refractivity contribution is 7.25. The Labute approximate surface area is 200 Å². The van der Waals surface area contributed by atoms with Crippen LogP contribution < -0.4 is 10.2 Å². The second-order valence-corrected chi connectivity index (χ2v) is 11.2. The molecule has 1 unspecified atom stereocenters. The van der Waals surface area contributed by atoms with E-state index in [1.165, 1.54) is 11.3 Å². The van der Waals surface area contributed by atoms with Gasteiger partial charge in [-0.15, -0.1) is 22.7 Å². The van der Waals surface area contributed by atoms with Crippen molar-refractivity contribution >= 4 is 61.6 Å². The van der Waals surface area contributed by atoms with Gasteiger partial charge in [-0.05, 0) is 50.7 Å². The number of thiophene rings is 2. The number of alkyl halides is 3. The summed E-state index contributed by atoms with van der Waals surface area (Å²) in [6.07, 6.45) is -6.81. The monoisotopic (exact) mass is 521 g/mol. The maximum absolute atomic E-state index is 14.0. The molecular formula is C20H22F3N3O4S3. The van der Waals surface area contributed by atoms with E-state index in [-0.39, 0.29) is 33.1 Å². The first-order valence-electron chi connectivity index (χ1n) is 9.77. The fourth-order valence-electron chi connectivity index (χ4n) is 3.06. The number of halogens is 3. The highest BCUT2D eigenvalue weighted by Gasteiger charge is 2.40. The van der Waals surface area contributed by atoms with Crippen LogP contribution in [0.1, 0.15) is 43.0 Å². The quantitative estimate of drug-likeness (QED) is 0.382. The number of carbonyl (C=O) groups excluding carboxylic acids is 1. The van der Waals surface area contributed by atoms with Crippen molar-refractivity contribution in [2.45, 2.75) is 58.5 Å². The summed E-state index contributed by atoms with van der Waals surface area (Å²) in [5, 5.41) is 14.2. The number of hydrogen-bond donors (Lipinski definition) is 2. The van der Waals surface area contributed by atoms with Crippen molar-refractivity contribution in [2.24, 2.45) is 0 Å². The summed E-state index contributed by atoms with van der Waals surface area (Å²) in [4.78, 5) is 25.6. The average molecular weight is 522 g/mol. The van der Waals surface area contributed by atoms with Crippen LogP contribution in [0.15, 0.2) is 17.5 Å². The Kier molecular flexibility index (Phi) is 7.24.